The second-order valence-corrected chi connectivity index (χ2v) is 11.3. The van der Waals surface area contributed by atoms with Gasteiger partial charge in [-0.15, -0.1) is 0 Å². The molecule has 194 valence electrons. The third-order valence-corrected chi connectivity index (χ3v) is 9.32. The Morgan fingerprint density at radius 1 is 0.771 bits per heavy atom. The molecule has 1 heterocycles. The Balaban J connectivity index is 2.07. The van der Waals surface area contributed by atoms with E-state index in [9.17, 15) is 0 Å². The van der Waals surface area contributed by atoms with Gasteiger partial charge >= 0.3 is 0 Å². The molecule has 0 aromatic heterocycles. The second kappa shape index (κ2) is 14.2. The summed E-state index contributed by atoms with van der Waals surface area (Å²) in [6.07, 6.45) is 0. The highest BCUT2D eigenvalue weighted by Gasteiger charge is 2.20. The van der Waals surface area contributed by atoms with Crippen LogP contribution >= 0.6 is 23.7 Å². The van der Waals surface area contributed by atoms with Gasteiger partial charge in [0.05, 0.1) is 50.3 Å². The van der Waals surface area contributed by atoms with Gasteiger partial charge in [-0.25, -0.2) is 4.99 Å². The zero-order valence-electron chi connectivity index (χ0n) is 21.2. The van der Waals surface area contributed by atoms with Crippen LogP contribution < -0.4 is 19.9 Å². The summed E-state index contributed by atoms with van der Waals surface area (Å²) >= 11 is 4.00. The third kappa shape index (κ3) is 6.96. The first-order valence-corrected chi connectivity index (χ1v) is 14.6. The van der Waals surface area contributed by atoms with E-state index in [1.54, 1.807) is 35.5 Å². The number of ether oxygens (including phenoxy) is 5. The maximum Gasteiger partial charge on any atom is 0.144 e. The molecule has 1 aliphatic heterocycles. The van der Waals surface area contributed by atoms with Crippen LogP contribution in [0.3, 0.4) is 0 Å². The van der Waals surface area contributed by atoms with Crippen LogP contribution in [-0.4, -0.2) is 88.2 Å². The fourth-order valence-corrected chi connectivity index (χ4v) is 6.71. The number of halogens is 1. The number of nitrogens with zero attached hydrogens (tertiary/aromatic N) is 3. The SMILES string of the molecule is COCCN(CCOC)c1ccc2c(c1)=S(Br)c1cc(N(CCOC)CCOC)c(OC)cc1N=2. The van der Waals surface area contributed by atoms with Gasteiger partial charge in [-0.2, -0.15) is 0 Å². The first-order chi connectivity index (χ1) is 17.1. The highest BCUT2D eigenvalue weighted by Crippen LogP contribution is 2.48. The van der Waals surface area contributed by atoms with Gasteiger partial charge < -0.3 is 33.5 Å². The molecule has 8 nitrogen and oxygen atoms in total. The average molecular weight is 571 g/mol. The van der Waals surface area contributed by atoms with Crippen LogP contribution in [0.5, 0.6) is 5.75 Å². The van der Waals surface area contributed by atoms with Gasteiger partial charge in [0.15, 0.2) is 0 Å². The minimum Gasteiger partial charge on any atom is -0.495 e. The molecule has 0 aliphatic carbocycles. The molecule has 0 bridgehead atoms. The molecule has 0 amide bonds. The first kappa shape index (κ1) is 27.9. The first-order valence-electron chi connectivity index (χ1n) is 11.5. The Morgan fingerprint density at radius 2 is 1.34 bits per heavy atom. The Kier molecular flexibility index (Phi) is 11.3. The van der Waals surface area contributed by atoms with Gasteiger partial charge in [0.25, 0.3) is 0 Å². The van der Waals surface area contributed by atoms with E-state index >= 15 is 0 Å². The predicted octanol–water partition coefficient (Wildman–Crippen LogP) is 4.05. The van der Waals surface area contributed by atoms with Gasteiger partial charge in [0.1, 0.15) is 5.75 Å². The van der Waals surface area contributed by atoms with Crippen LogP contribution in [0.1, 0.15) is 0 Å². The minimum absolute atomic E-state index is 0.342. The summed E-state index contributed by atoms with van der Waals surface area (Å²) < 4.78 is 28.3. The molecular weight excluding hydrogens is 534 g/mol. The molecule has 3 rings (SSSR count). The summed E-state index contributed by atoms with van der Waals surface area (Å²) in [5, 5.41) is 0.963. The third-order valence-electron chi connectivity index (χ3n) is 5.80. The van der Waals surface area contributed by atoms with E-state index in [0.717, 1.165) is 63.8 Å². The maximum absolute atomic E-state index is 5.78. The lowest BCUT2D eigenvalue weighted by molar-refractivity contribution is 0.190. The average Bonchev–Trinajstić information content (AvgIpc) is 2.88. The summed E-state index contributed by atoms with van der Waals surface area (Å²) in [4.78, 5) is 10.6. The quantitative estimate of drug-likeness (QED) is 0.300. The van der Waals surface area contributed by atoms with Crippen LogP contribution in [0.2, 0.25) is 0 Å². The van der Waals surface area contributed by atoms with Crippen LogP contribution in [0, 0.1) is 4.51 Å². The van der Waals surface area contributed by atoms with Crippen LogP contribution in [0.4, 0.5) is 17.1 Å². The molecule has 0 radical (unpaired) electrons. The van der Waals surface area contributed by atoms with Crippen molar-refractivity contribution in [3.8, 4) is 5.75 Å². The number of rotatable bonds is 15. The van der Waals surface area contributed by atoms with Crippen molar-refractivity contribution >= 4 is 40.8 Å². The van der Waals surface area contributed by atoms with E-state index in [0.29, 0.717) is 26.4 Å². The number of anilines is 2. The van der Waals surface area contributed by atoms with Crippen LogP contribution in [0.25, 0.3) is 0 Å². The van der Waals surface area contributed by atoms with Crippen molar-refractivity contribution in [3.05, 3.63) is 40.2 Å². The number of fused-ring (bicyclic) bond motifs is 2. The van der Waals surface area contributed by atoms with Crippen molar-refractivity contribution in [3.63, 3.8) is 0 Å². The lowest BCUT2D eigenvalue weighted by atomic mass is 10.2. The summed E-state index contributed by atoms with van der Waals surface area (Å²) in [5.41, 5.74) is 3.05. The largest absolute Gasteiger partial charge is 0.495 e. The molecule has 0 saturated heterocycles. The fraction of sp³-hybridized carbons (Fsp3) is 0.520. The molecule has 0 spiro atoms. The van der Waals surface area contributed by atoms with Crippen molar-refractivity contribution in [2.45, 2.75) is 4.90 Å². The normalized spacial score (nSPS) is 14.2. The fourth-order valence-electron chi connectivity index (χ4n) is 3.89. The van der Waals surface area contributed by atoms with Crippen molar-refractivity contribution < 1.29 is 23.7 Å². The van der Waals surface area contributed by atoms with Gasteiger partial charge in [0.2, 0.25) is 0 Å². The molecular formula is C25H36BrN3O5S. The summed E-state index contributed by atoms with van der Waals surface area (Å²) in [6, 6.07) is 10.6. The minimum atomic E-state index is -0.342. The summed E-state index contributed by atoms with van der Waals surface area (Å²) in [6.45, 7) is 5.56. The van der Waals surface area contributed by atoms with E-state index < -0.39 is 0 Å². The van der Waals surface area contributed by atoms with Gasteiger partial charge in [-0.05, 0) is 39.1 Å². The smallest absolute Gasteiger partial charge is 0.144 e. The molecule has 0 saturated carbocycles. The molecule has 1 atom stereocenters. The Hall–Kier alpha value is -1.69. The number of benzene rings is 2. The lowest BCUT2D eigenvalue weighted by Gasteiger charge is -2.28. The predicted molar refractivity (Wildman–Crippen MR) is 146 cm³/mol. The molecule has 2 aromatic rings. The van der Waals surface area contributed by atoms with Gasteiger partial charge in [-0.3, -0.25) is 0 Å². The van der Waals surface area contributed by atoms with Gasteiger partial charge in [-0.1, -0.05) is 8.92 Å². The number of methoxy groups -OCH3 is 5. The number of hydrogen-bond acceptors (Lipinski definition) is 8. The zero-order chi connectivity index (χ0) is 25.2. The number of hydrogen-bond donors (Lipinski definition) is 0. The Labute approximate surface area is 217 Å². The molecule has 1 unspecified atom stereocenters. The van der Waals surface area contributed by atoms with Crippen molar-refractivity contribution in [1.82, 2.24) is 0 Å². The van der Waals surface area contributed by atoms with Crippen molar-refractivity contribution in [2.75, 3.05) is 98.0 Å². The molecule has 0 fully saturated rings. The molecule has 10 heteroatoms. The topological polar surface area (TPSA) is 65.0 Å². The molecule has 35 heavy (non-hydrogen) atoms. The van der Waals surface area contributed by atoms with E-state index in [2.05, 4.69) is 48.9 Å². The molecule has 1 aliphatic rings. The van der Waals surface area contributed by atoms with E-state index in [4.69, 9.17) is 28.7 Å². The summed E-state index contributed by atoms with van der Waals surface area (Å²) in [7, 11) is 8.23. The Morgan fingerprint density at radius 3 is 1.89 bits per heavy atom. The van der Waals surface area contributed by atoms with Crippen molar-refractivity contribution in [2.24, 2.45) is 4.99 Å². The van der Waals surface area contributed by atoms with Crippen LogP contribution in [-0.2, 0) is 18.9 Å². The standard InChI is InChI=1S/C25H36BrN3O5S/c1-30-12-8-28(9-13-31-2)19-6-7-20-24(16-19)35(26)25-18-22(23(34-5)17-21(25)27-20)29(10-14-32-3)11-15-33-4/h6-7,16-18H,8-15H2,1-5H3. The van der Waals surface area contributed by atoms with Gasteiger partial charge in [0, 0.05) is 75.8 Å². The van der Waals surface area contributed by atoms with Crippen molar-refractivity contribution in [1.29, 1.82) is 0 Å². The highest BCUT2D eigenvalue weighted by molar-refractivity contribution is 9.52. The van der Waals surface area contributed by atoms with E-state index in [-0.39, 0.29) is 8.92 Å². The van der Waals surface area contributed by atoms with Crippen LogP contribution in [0.15, 0.2) is 40.2 Å². The Bertz CT molecular complexity index is 1090. The maximum atomic E-state index is 5.78. The molecule has 2 aromatic carbocycles. The molecule has 0 N–H and O–H groups in total. The zero-order valence-corrected chi connectivity index (χ0v) is 23.6. The monoisotopic (exact) mass is 569 g/mol. The van der Waals surface area contributed by atoms with E-state index in [1.807, 2.05) is 6.07 Å². The van der Waals surface area contributed by atoms with E-state index in [1.165, 1.54) is 0 Å². The highest BCUT2D eigenvalue weighted by atomic mass is 79.9. The lowest BCUT2D eigenvalue weighted by Crippen LogP contribution is -2.31. The second-order valence-electron chi connectivity index (χ2n) is 7.96. The summed E-state index contributed by atoms with van der Waals surface area (Å²) in [5.74, 6) is 0.787.